The summed E-state index contributed by atoms with van der Waals surface area (Å²) in [6, 6.07) is 0. The Hall–Kier alpha value is -0.120. The number of hydrogen-bond donors (Lipinski definition) is 2. The van der Waals surface area contributed by atoms with E-state index in [1.54, 1.807) is 0 Å². The first-order valence-corrected chi connectivity index (χ1v) is 6.46. The summed E-state index contributed by atoms with van der Waals surface area (Å²) in [4.78, 5) is 2.19. The first-order chi connectivity index (χ1) is 7.27. The van der Waals surface area contributed by atoms with Gasteiger partial charge >= 0.3 is 0 Å². The maximum Gasteiger partial charge on any atom is 0.0964 e. The van der Waals surface area contributed by atoms with Crippen molar-refractivity contribution in [2.24, 2.45) is 11.1 Å². The lowest BCUT2D eigenvalue weighted by molar-refractivity contribution is -0.0541. The van der Waals surface area contributed by atoms with Gasteiger partial charge in [0.2, 0.25) is 0 Å². The second kappa shape index (κ2) is 3.69. The van der Waals surface area contributed by atoms with Crippen LogP contribution in [0.15, 0.2) is 0 Å². The first kappa shape index (κ1) is 12.3. The topological polar surface area (TPSA) is 49.5 Å². The zero-order valence-corrected chi connectivity index (χ0v) is 10.9. The summed E-state index contributed by atoms with van der Waals surface area (Å²) in [7, 11) is 2.06. The van der Waals surface area contributed by atoms with Crippen LogP contribution in [0.3, 0.4) is 0 Å². The number of nitrogens with two attached hydrogens (primary N) is 1. The molecule has 0 aromatic rings. The van der Waals surface area contributed by atoms with E-state index in [2.05, 4.69) is 25.8 Å². The molecular weight excluding hydrogens is 200 g/mol. The number of hydrogen-bond acceptors (Lipinski definition) is 3. The van der Waals surface area contributed by atoms with Gasteiger partial charge < -0.3 is 15.7 Å². The Labute approximate surface area is 99.0 Å². The van der Waals surface area contributed by atoms with Crippen molar-refractivity contribution in [3.8, 4) is 0 Å². The number of rotatable bonds is 1. The van der Waals surface area contributed by atoms with Gasteiger partial charge in [-0.1, -0.05) is 13.8 Å². The van der Waals surface area contributed by atoms with Gasteiger partial charge in [0.05, 0.1) is 5.60 Å². The van der Waals surface area contributed by atoms with Crippen molar-refractivity contribution in [3.05, 3.63) is 0 Å². The molecule has 0 aromatic carbocycles. The van der Waals surface area contributed by atoms with Crippen molar-refractivity contribution < 1.29 is 5.11 Å². The van der Waals surface area contributed by atoms with Gasteiger partial charge in [-0.05, 0) is 44.6 Å². The normalized spacial score (nSPS) is 38.8. The van der Waals surface area contributed by atoms with Crippen LogP contribution in [0.25, 0.3) is 0 Å². The van der Waals surface area contributed by atoms with E-state index in [4.69, 9.17) is 5.73 Å². The van der Waals surface area contributed by atoms with Crippen molar-refractivity contribution in [1.82, 2.24) is 4.90 Å². The molecule has 0 aromatic heterocycles. The highest BCUT2D eigenvalue weighted by atomic mass is 16.3. The fourth-order valence-corrected chi connectivity index (χ4v) is 3.23. The minimum Gasteiger partial charge on any atom is -0.387 e. The summed E-state index contributed by atoms with van der Waals surface area (Å²) >= 11 is 0. The Balaban J connectivity index is 2.09. The van der Waals surface area contributed by atoms with Gasteiger partial charge in [-0.15, -0.1) is 0 Å². The van der Waals surface area contributed by atoms with Crippen LogP contribution in [0, 0.1) is 5.41 Å². The summed E-state index contributed by atoms with van der Waals surface area (Å²) in [5.74, 6) is 0. The quantitative estimate of drug-likeness (QED) is 0.709. The van der Waals surface area contributed by atoms with Gasteiger partial charge in [-0.2, -0.15) is 0 Å². The second-order valence-corrected chi connectivity index (χ2v) is 6.84. The largest absolute Gasteiger partial charge is 0.387 e. The van der Waals surface area contributed by atoms with Crippen LogP contribution in [-0.4, -0.2) is 41.3 Å². The zero-order chi connectivity index (χ0) is 12.0. The number of likely N-dealkylation sites (N-methyl/N-ethyl adjacent to an activating group) is 1. The molecule has 1 saturated heterocycles. The third kappa shape index (κ3) is 2.01. The van der Waals surface area contributed by atoms with Crippen LogP contribution < -0.4 is 5.73 Å². The third-order valence-electron chi connectivity index (χ3n) is 4.86. The van der Waals surface area contributed by atoms with Crippen LogP contribution >= 0.6 is 0 Å². The number of β-amino-alcohol motifs (C(OH)–C–C–N with tert-alkyl or cyclic N) is 1. The van der Waals surface area contributed by atoms with Crippen molar-refractivity contribution in [3.63, 3.8) is 0 Å². The van der Waals surface area contributed by atoms with Gasteiger partial charge in [0, 0.05) is 18.6 Å². The van der Waals surface area contributed by atoms with E-state index < -0.39 is 5.60 Å². The molecule has 0 radical (unpaired) electrons. The lowest BCUT2D eigenvalue weighted by atomic mass is 9.63. The molecule has 16 heavy (non-hydrogen) atoms. The lowest BCUT2D eigenvalue weighted by Crippen LogP contribution is -2.63. The highest BCUT2D eigenvalue weighted by Crippen LogP contribution is 2.45. The molecule has 2 aliphatic rings. The minimum absolute atomic E-state index is 0.354. The van der Waals surface area contributed by atoms with E-state index in [0.29, 0.717) is 5.41 Å². The average Bonchev–Trinajstić information content (AvgIpc) is 2.54. The lowest BCUT2D eigenvalue weighted by Gasteiger charge is -2.49. The Morgan fingerprint density at radius 2 is 1.62 bits per heavy atom. The maximum atomic E-state index is 10.7. The molecule has 94 valence electrons. The van der Waals surface area contributed by atoms with Gasteiger partial charge in [0.1, 0.15) is 0 Å². The average molecular weight is 226 g/mol. The SMILES string of the molecule is CN1CCC(O)(C2(N)CCC(C)(C)CC2)C1. The molecule has 1 atom stereocenters. The standard InChI is InChI=1S/C13H26N2O/c1-11(2)4-6-12(14,7-5-11)13(16)8-9-15(3)10-13/h16H,4-10,14H2,1-3H3. The third-order valence-corrected chi connectivity index (χ3v) is 4.86. The van der Waals surface area contributed by atoms with Gasteiger partial charge in [-0.25, -0.2) is 0 Å². The van der Waals surface area contributed by atoms with Gasteiger partial charge in [0.15, 0.2) is 0 Å². The predicted molar refractivity (Wildman–Crippen MR) is 66.2 cm³/mol. The van der Waals surface area contributed by atoms with E-state index in [1.807, 2.05) is 0 Å². The van der Waals surface area contributed by atoms with Crippen LogP contribution in [0.4, 0.5) is 0 Å². The number of aliphatic hydroxyl groups is 1. The first-order valence-electron chi connectivity index (χ1n) is 6.46. The Bertz CT molecular complexity index is 267. The molecule has 0 spiro atoms. The number of nitrogens with zero attached hydrogens (tertiary/aromatic N) is 1. The molecule has 1 unspecified atom stereocenters. The molecule has 3 nitrogen and oxygen atoms in total. The van der Waals surface area contributed by atoms with Crippen LogP contribution in [-0.2, 0) is 0 Å². The summed E-state index contributed by atoms with van der Waals surface area (Å²) in [5, 5.41) is 10.7. The molecule has 1 heterocycles. The highest BCUT2D eigenvalue weighted by Gasteiger charge is 2.52. The van der Waals surface area contributed by atoms with E-state index in [0.717, 1.165) is 45.2 Å². The molecule has 2 rings (SSSR count). The molecule has 1 aliphatic carbocycles. The van der Waals surface area contributed by atoms with Crippen molar-refractivity contribution in [2.45, 2.75) is 57.1 Å². The predicted octanol–water partition coefficient (Wildman–Crippen LogP) is 1.35. The van der Waals surface area contributed by atoms with E-state index in [1.165, 1.54) is 0 Å². The fourth-order valence-electron chi connectivity index (χ4n) is 3.23. The van der Waals surface area contributed by atoms with Crippen molar-refractivity contribution >= 4 is 0 Å². The summed E-state index contributed by atoms with van der Waals surface area (Å²) in [6.45, 7) is 6.32. The molecule has 2 fully saturated rings. The molecule has 0 amide bonds. The number of likely N-dealkylation sites (tertiary alicyclic amines) is 1. The minimum atomic E-state index is -0.655. The molecule has 3 N–H and O–H groups in total. The van der Waals surface area contributed by atoms with Crippen LogP contribution in [0.5, 0.6) is 0 Å². The Kier molecular flexibility index (Phi) is 2.84. The van der Waals surface area contributed by atoms with Crippen LogP contribution in [0.2, 0.25) is 0 Å². The second-order valence-electron chi connectivity index (χ2n) is 6.84. The maximum absolute atomic E-state index is 10.7. The molecule has 0 bridgehead atoms. The zero-order valence-electron chi connectivity index (χ0n) is 10.9. The Morgan fingerprint density at radius 1 is 1.06 bits per heavy atom. The molecule has 1 saturated carbocycles. The van der Waals surface area contributed by atoms with E-state index >= 15 is 0 Å². The summed E-state index contributed by atoms with van der Waals surface area (Å²) < 4.78 is 0. The van der Waals surface area contributed by atoms with Crippen LogP contribution in [0.1, 0.15) is 46.0 Å². The van der Waals surface area contributed by atoms with Crippen molar-refractivity contribution in [2.75, 3.05) is 20.1 Å². The summed E-state index contributed by atoms with van der Waals surface area (Å²) in [6.07, 6.45) is 5.03. The van der Waals surface area contributed by atoms with Crippen molar-refractivity contribution in [1.29, 1.82) is 0 Å². The summed E-state index contributed by atoms with van der Waals surface area (Å²) in [5.41, 5.74) is 5.90. The van der Waals surface area contributed by atoms with Gasteiger partial charge in [0.25, 0.3) is 0 Å². The Morgan fingerprint density at radius 3 is 2.06 bits per heavy atom. The van der Waals surface area contributed by atoms with Gasteiger partial charge in [-0.3, -0.25) is 0 Å². The monoisotopic (exact) mass is 226 g/mol. The smallest absolute Gasteiger partial charge is 0.0964 e. The van der Waals surface area contributed by atoms with E-state index in [-0.39, 0.29) is 5.54 Å². The molecular formula is C13H26N2O. The molecule has 3 heteroatoms. The molecule has 1 aliphatic heterocycles. The fraction of sp³-hybridized carbons (Fsp3) is 1.00. The highest BCUT2D eigenvalue weighted by molar-refractivity contribution is 5.10. The van der Waals surface area contributed by atoms with E-state index in [9.17, 15) is 5.11 Å².